The molecule has 8 heteroatoms. The molecule has 1 amide bonds. The van der Waals surface area contributed by atoms with E-state index in [1.54, 1.807) is 23.6 Å². The van der Waals surface area contributed by atoms with Gasteiger partial charge in [0.1, 0.15) is 5.56 Å². The van der Waals surface area contributed by atoms with Crippen LogP contribution in [0.25, 0.3) is 0 Å². The summed E-state index contributed by atoms with van der Waals surface area (Å²) in [5, 5.41) is 14.9. The summed E-state index contributed by atoms with van der Waals surface area (Å²) in [6.45, 7) is 5.19. The number of rotatable bonds is 3. The Morgan fingerprint density at radius 1 is 1.24 bits per heavy atom. The first-order chi connectivity index (χ1) is 9.90. The van der Waals surface area contributed by atoms with Gasteiger partial charge in [-0.25, -0.2) is 5.10 Å². The lowest BCUT2D eigenvalue weighted by Crippen LogP contribution is -2.50. The van der Waals surface area contributed by atoms with Gasteiger partial charge in [0, 0.05) is 26.2 Å². The highest BCUT2D eigenvalue weighted by atomic mass is 16.4. The molecule has 0 bridgehead atoms. The van der Waals surface area contributed by atoms with Crippen LogP contribution < -0.4 is 5.56 Å². The Hall–Kier alpha value is -2.22. The van der Waals surface area contributed by atoms with Crippen molar-refractivity contribution in [3.8, 4) is 0 Å². The summed E-state index contributed by atoms with van der Waals surface area (Å²) in [6.07, 6.45) is 0. The van der Waals surface area contributed by atoms with Gasteiger partial charge < -0.3 is 10.0 Å². The van der Waals surface area contributed by atoms with E-state index >= 15 is 0 Å². The minimum absolute atomic E-state index is 0.0317. The Bertz CT molecular complexity index is 617. The summed E-state index contributed by atoms with van der Waals surface area (Å²) in [5.74, 6) is -1.21. The molecule has 21 heavy (non-hydrogen) atoms. The number of aryl methyl sites for hydroxylation is 1. The third-order valence-corrected chi connectivity index (χ3v) is 3.70. The highest BCUT2D eigenvalue weighted by Gasteiger charge is 2.26. The average Bonchev–Trinajstić information content (AvgIpc) is 2.43. The molecule has 2 N–H and O–H groups in total. The van der Waals surface area contributed by atoms with Crippen molar-refractivity contribution >= 4 is 11.9 Å². The highest BCUT2D eigenvalue weighted by Crippen LogP contribution is 2.11. The number of aromatic amines is 1. The molecule has 8 nitrogen and oxygen atoms in total. The molecule has 1 aliphatic heterocycles. The first-order valence-corrected chi connectivity index (χ1v) is 6.69. The molecule has 1 fully saturated rings. The number of carboxylic acid groups (broad SMARTS) is 1. The number of aromatic nitrogens is 2. The zero-order chi connectivity index (χ0) is 15.6. The summed E-state index contributed by atoms with van der Waals surface area (Å²) in [5.41, 5.74) is 0.824. The lowest BCUT2D eigenvalue weighted by atomic mass is 10.1. The summed E-state index contributed by atoms with van der Waals surface area (Å²) in [6, 6.07) is 0. The molecule has 0 aromatic carbocycles. The first kappa shape index (κ1) is 15.2. The van der Waals surface area contributed by atoms with Gasteiger partial charge in [0.15, 0.2) is 0 Å². The standard InChI is InChI=1S/C13H18N4O4/c1-8-9(2)14-15-12(20)11(8)13(21)17-5-3-16(4-6-17)7-10(18)19/h3-7H2,1-2H3,(H,15,20)(H,18,19). The molecule has 114 valence electrons. The van der Waals surface area contributed by atoms with Crippen molar-refractivity contribution in [1.29, 1.82) is 0 Å². The molecule has 1 aliphatic rings. The summed E-state index contributed by atoms with van der Waals surface area (Å²) in [7, 11) is 0. The van der Waals surface area contributed by atoms with E-state index in [-0.39, 0.29) is 18.0 Å². The van der Waals surface area contributed by atoms with Gasteiger partial charge in [0.05, 0.1) is 12.2 Å². The van der Waals surface area contributed by atoms with Crippen LogP contribution in [0.1, 0.15) is 21.6 Å². The van der Waals surface area contributed by atoms with Crippen LogP contribution >= 0.6 is 0 Å². The van der Waals surface area contributed by atoms with Crippen LogP contribution in [0.4, 0.5) is 0 Å². The average molecular weight is 294 g/mol. The normalized spacial score (nSPS) is 16.0. The number of hydrogen-bond donors (Lipinski definition) is 2. The molecule has 0 atom stereocenters. The fourth-order valence-corrected chi connectivity index (χ4v) is 2.34. The molecule has 0 aliphatic carbocycles. The molecule has 0 saturated carbocycles. The smallest absolute Gasteiger partial charge is 0.317 e. The quantitative estimate of drug-likeness (QED) is 0.758. The lowest BCUT2D eigenvalue weighted by Gasteiger charge is -2.33. The third-order valence-electron chi connectivity index (χ3n) is 3.70. The number of hydrogen-bond acceptors (Lipinski definition) is 5. The van der Waals surface area contributed by atoms with Gasteiger partial charge in [0.2, 0.25) is 0 Å². The number of nitrogens with one attached hydrogen (secondary N) is 1. The maximum absolute atomic E-state index is 12.5. The number of piperazine rings is 1. The van der Waals surface area contributed by atoms with Crippen molar-refractivity contribution in [2.75, 3.05) is 32.7 Å². The Morgan fingerprint density at radius 2 is 1.86 bits per heavy atom. The molecule has 1 aromatic rings. The lowest BCUT2D eigenvalue weighted by molar-refractivity contribution is -0.138. The van der Waals surface area contributed by atoms with Crippen LogP contribution in [0.2, 0.25) is 0 Å². The Balaban J connectivity index is 2.11. The second kappa shape index (κ2) is 6.04. The summed E-state index contributed by atoms with van der Waals surface area (Å²) >= 11 is 0. The molecule has 0 radical (unpaired) electrons. The molecule has 1 aromatic heterocycles. The van der Waals surface area contributed by atoms with E-state index < -0.39 is 11.5 Å². The molecule has 2 rings (SSSR count). The van der Waals surface area contributed by atoms with Crippen molar-refractivity contribution in [3.05, 3.63) is 27.2 Å². The predicted molar refractivity (Wildman–Crippen MR) is 74.3 cm³/mol. The Kier molecular flexibility index (Phi) is 4.37. The fraction of sp³-hybridized carbons (Fsp3) is 0.538. The van der Waals surface area contributed by atoms with Crippen LogP contribution in [-0.2, 0) is 4.79 Å². The van der Waals surface area contributed by atoms with Crippen LogP contribution in [0.3, 0.4) is 0 Å². The predicted octanol–water partition coefficient (Wildman–Crippen LogP) is -0.771. The van der Waals surface area contributed by atoms with E-state index in [0.29, 0.717) is 37.4 Å². The van der Waals surface area contributed by atoms with Gasteiger partial charge in [0.25, 0.3) is 11.5 Å². The van der Waals surface area contributed by atoms with E-state index in [1.165, 1.54) is 0 Å². The minimum Gasteiger partial charge on any atom is -0.480 e. The van der Waals surface area contributed by atoms with Gasteiger partial charge >= 0.3 is 5.97 Å². The van der Waals surface area contributed by atoms with Gasteiger partial charge in [-0.2, -0.15) is 5.10 Å². The molecular weight excluding hydrogens is 276 g/mol. The second-order valence-electron chi connectivity index (χ2n) is 5.10. The van der Waals surface area contributed by atoms with Crippen LogP contribution in [-0.4, -0.2) is 69.7 Å². The zero-order valence-electron chi connectivity index (χ0n) is 12.0. The van der Waals surface area contributed by atoms with Crippen LogP contribution in [0, 0.1) is 13.8 Å². The summed E-state index contributed by atoms with van der Waals surface area (Å²) < 4.78 is 0. The zero-order valence-corrected chi connectivity index (χ0v) is 12.0. The number of H-pyrrole nitrogens is 1. The minimum atomic E-state index is -0.883. The maximum atomic E-state index is 12.5. The molecule has 2 heterocycles. The van der Waals surface area contributed by atoms with Crippen molar-refractivity contribution in [3.63, 3.8) is 0 Å². The largest absolute Gasteiger partial charge is 0.480 e. The van der Waals surface area contributed by atoms with E-state index in [1.807, 2.05) is 0 Å². The Labute approximate surface area is 121 Å². The van der Waals surface area contributed by atoms with Crippen molar-refractivity contribution in [2.45, 2.75) is 13.8 Å². The number of aliphatic carboxylic acids is 1. The maximum Gasteiger partial charge on any atom is 0.317 e. The van der Waals surface area contributed by atoms with E-state index in [2.05, 4.69) is 10.2 Å². The third kappa shape index (κ3) is 3.27. The van der Waals surface area contributed by atoms with Gasteiger partial charge in [-0.3, -0.25) is 19.3 Å². The van der Waals surface area contributed by atoms with Gasteiger partial charge in [-0.1, -0.05) is 0 Å². The SMILES string of the molecule is Cc1n[nH]c(=O)c(C(=O)N2CCN(CC(=O)O)CC2)c1C. The van der Waals surface area contributed by atoms with Gasteiger partial charge in [-0.15, -0.1) is 0 Å². The molecular formula is C13H18N4O4. The number of carbonyl (C=O) groups excluding carboxylic acids is 1. The van der Waals surface area contributed by atoms with E-state index in [0.717, 1.165) is 0 Å². The van der Waals surface area contributed by atoms with Crippen molar-refractivity contribution in [2.24, 2.45) is 0 Å². The highest BCUT2D eigenvalue weighted by molar-refractivity contribution is 5.95. The van der Waals surface area contributed by atoms with Gasteiger partial charge in [-0.05, 0) is 19.4 Å². The van der Waals surface area contributed by atoms with E-state index in [4.69, 9.17) is 5.11 Å². The number of amides is 1. The van der Waals surface area contributed by atoms with E-state index in [9.17, 15) is 14.4 Å². The first-order valence-electron chi connectivity index (χ1n) is 6.69. The molecule has 0 unspecified atom stereocenters. The number of carbonyl (C=O) groups is 2. The fourth-order valence-electron chi connectivity index (χ4n) is 2.34. The topological polar surface area (TPSA) is 107 Å². The summed E-state index contributed by atoms with van der Waals surface area (Å²) in [4.78, 5) is 38.3. The van der Waals surface area contributed by atoms with Crippen molar-refractivity contribution in [1.82, 2.24) is 20.0 Å². The second-order valence-corrected chi connectivity index (χ2v) is 5.10. The van der Waals surface area contributed by atoms with Crippen LogP contribution in [0.5, 0.6) is 0 Å². The van der Waals surface area contributed by atoms with Crippen LogP contribution in [0.15, 0.2) is 4.79 Å². The number of carboxylic acids is 1. The van der Waals surface area contributed by atoms with Crippen molar-refractivity contribution < 1.29 is 14.7 Å². The monoisotopic (exact) mass is 294 g/mol. The molecule has 1 saturated heterocycles. The molecule has 0 spiro atoms. The number of nitrogens with zero attached hydrogens (tertiary/aromatic N) is 3. The Morgan fingerprint density at radius 3 is 2.43 bits per heavy atom.